The minimum Gasteiger partial charge on any atom is -0.465 e. The first-order valence-corrected chi connectivity index (χ1v) is 8.04. The van der Waals surface area contributed by atoms with Crippen LogP contribution in [0.5, 0.6) is 0 Å². The molecule has 1 aliphatic rings. The molecule has 0 aromatic heterocycles. The number of benzene rings is 1. The molecule has 0 N–H and O–H groups in total. The summed E-state index contributed by atoms with van der Waals surface area (Å²) in [6, 6.07) is 8.24. The molecule has 1 fully saturated rings. The van der Waals surface area contributed by atoms with E-state index >= 15 is 0 Å². The zero-order valence-electron chi connectivity index (χ0n) is 13.6. The van der Waals surface area contributed by atoms with Crippen molar-refractivity contribution >= 4 is 17.8 Å². The first-order chi connectivity index (χ1) is 10.5. The maximum absolute atomic E-state index is 12.5. The standard InChI is InChI=1S/C19H24O3/c1-4-22-19(21)17-7-5-6-16(18(17)20)12-14-8-10-15(11-9-14)13(2)3/h8-13,17H,4-7H2,1-3H3/b16-12+. The lowest BCUT2D eigenvalue weighted by Gasteiger charge is -2.21. The van der Waals surface area contributed by atoms with Crippen molar-refractivity contribution in [2.24, 2.45) is 5.92 Å². The van der Waals surface area contributed by atoms with Gasteiger partial charge in [0.05, 0.1) is 6.61 Å². The molecule has 0 spiro atoms. The van der Waals surface area contributed by atoms with Crippen LogP contribution in [0.2, 0.25) is 0 Å². The predicted molar refractivity (Wildman–Crippen MR) is 87.5 cm³/mol. The van der Waals surface area contributed by atoms with Gasteiger partial charge in [0, 0.05) is 0 Å². The Kier molecular flexibility index (Phi) is 5.53. The van der Waals surface area contributed by atoms with Crippen LogP contribution in [-0.4, -0.2) is 18.4 Å². The fourth-order valence-corrected chi connectivity index (χ4v) is 2.76. The minimum atomic E-state index is -0.616. The summed E-state index contributed by atoms with van der Waals surface area (Å²) in [5.74, 6) is -0.577. The number of carbonyl (C=O) groups is 2. The minimum absolute atomic E-state index is 0.0716. The van der Waals surface area contributed by atoms with Crippen molar-refractivity contribution in [3.8, 4) is 0 Å². The Morgan fingerprint density at radius 1 is 1.32 bits per heavy atom. The Labute approximate surface area is 132 Å². The average Bonchev–Trinajstić information content (AvgIpc) is 2.50. The van der Waals surface area contributed by atoms with Crippen LogP contribution in [0.4, 0.5) is 0 Å². The quantitative estimate of drug-likeness (QED) is 0.477. The van der Waals surface area contributed by atoms with Crippen LogP contribution in [0.1, 0.15) is 57.1 Å². The van der Waals surface area contributed by atoms with E-state index in [1.165, 1.54) is 5.56 Å². The predicted octanol–water partition coefficient (Wildman–Crippen LogP) is 4.13. The van der Waals surface area contributed by atoms with Crippen molar-refractivity contribution < 1.29 is 14.3 Å². The highest BCUT2D eigenvalue weighted by Crippen LogP contribution is 2.28. The van der Waals surface area contributed by atoms with E-state index in [1.807, 2.05) is 18.2 Å². The first kappa shape index (κ1) is 16.5. The number of rotatable bonds is 4. The van der Waals surface area contributed by atoms with Crippen LogP contribution in [0.15, 0.2) is 29.8 Å². The second kappa shape index (κ2) is 7.39. The highest BCUT2D eigenvalue weighted by Gasteiger charge is 2.33. The molecule has 118 valence electrons. The molecular formula is C19H24O3. The van der Waals surface area contributed by atoms with E-state index < -0.39 is 5.92 Å². The maximum Gasteiger partial charge on any atom is 0.316 e. The number of ether oxygens (including phenoxy) is 1. The van der Waals surface area contributed by atoms with Gasteiger partial charge in [-0.25, -0.2) is 0 Å². The maximum atomic E-state index is 12.5. The summed E-state index contributed by atoms with van der Waals surface area (Å²) >= 11 is 0. The summed E-state index contributed by atoms with van der Waals surface area (Å²) in [6.07, 6.45) is 4.10. The normalized spacial score (nSPS) is 20.5. The van der Waals surface area contributed by atoms with Gasteiger partial charge in [-0.15, -0.1) is 0 Å². The Balaban J connectivity index is 2.16. The van der Waals surface area contributed by atoms with Crippen LogP contribution in [0.3, 0.4) is 0 Å². The molecule has 1 aliphatic carbocycles. The van der Waals surface area contributed by atoms with E-state index in [2.05, 4.69) is 26.0 Å². The van der Waals surface area contributed by atoms with Gasteiger partial charge in [0.15, 0.2) is 5.78 Å². The molecule has 0 heterocycles. The molecule has 1 atom stereocenters. The molecule has 3 nitrogen and oxygen atoms in total. The van der Waals surface area contributed by atoms with Crippen molar-refractivity contribution in [2.75, 3.05) is 6.61 Å². The summed E-state index contributed by atoms with van der Waals surface area (Å²) in [4.78, 5) is 24.3. The fourth-order valence-electron chi connectivity index (χ4n) is 2.76. The topological polar surface area (TPSA) is 43.4 Å². The van der Waals surface area contributed by atoms with Gasteiger partial charge >= 0.3 is 5.97 Å². The third-order valence-corrected chi connectivity index (χ3v) is 4.09. The third-order valence-electron chi connectivity index (χ3n) is 4.09. The summed E-state index contributed by atoms with van der Waals surface area (Å²) in [5, 5.41) is 0. The smallest absolute Gasteiger partial charge is 0.316 e. The van der Waals surface area contributed by atoms with Crippen molar-refractivity contribution in [3.05, 3.63) is 41.0 Å². The fraction of sp³-hybridized carbons (Fsp3) is 0.474. The number of allylic oxidation sites excluding steroid dienone is 1. The third kappa shape index (κ3) is 3.85. The molecule has 1 unspecified atom stereocenters. The molecular weight excluding hydrogens is 276 g/mol. The number of carbonyl (C=O) groups excluding carboxylic acids is 2. The Bertz CT molecular complexity index is 567. The molecule has 1 aromatic rings. The largest absolute Gasteiger partial charge is 0.465 e. The van der Waals surface area contributed by atoms with Gasteiger partial charge in [-0.1, -0.05) is 38.1 Å². The highest BCUT2D eigenvalue weighted by atomic mass is 16.5. The highest BCUT2D eigenvalue weighted by molar-refractivity contribution is 6.11. The molecule has 1 saturated carbocycles. The zero-order chi connectivity index (χ0) is 16.1. The molecule has 0 aliphatic heterocycles. The molecule has 0 amide bonds. The lowest BCUT2D eigenvalue weighted by atomic mass is 9.83. The van der Waals surface area contributed by atoms with Crippen molar-refractivity contribution in [1.29, 1.82) is 0 Å². The van der Waals surface area contributed by atoms with Crippen LogP contribution < -0.4 is 0 Å². The van der Waals surface area contributed by atoms with Gasteiger partial charge in [0.25, 0.3) is 0 Å². The van der Waals surface area contributed by atoms with Crippen LogP contribution in [0.25, 0.3) is 6.08 Å². The van der Waals surface area contributed by atoms with Crippen molar-refractivity contribution in [3.63, 3.8) is 0 Å². The van der Waals surface area contributed by atoms with Gasteiger partial charge in [-0.3, -0.25) is 9.59 Å². The zero-order valence-corrected chi connectivity index (χ0v) is 13.6. The van der Waals surface area contributed by atoms with Gasteiger partial charge in [0.1, 0.15) is 5.92 Å². The molecule has 2 rings (SSSR count). The molecule has 0 bridgehead atoms. The first-order valence-electron chi connectivity index (χ1n) is 8.04. The SMILES string of the molecule is CCOC(=O)C1CCC/C(=C\c2ccc(C(C)C)cc2)C1=O. The molecule has 0 saturated heterocycles. The van der Waals surface area contributed by atoms with E-state index in [4.69, 9.17) is 4.74 Å². The molecule has 22 heavy (non-hydrogen) atoms. The second-order valence-electron chi connectivity index (χ2n) is 6.05. The van der Waals surface area contributed by atoms with Crippen LogP contribution >= 0.6 is 0 Å². The summed E-state index contributed by atoms with van der Waals surface area (Å²) in [5.41, 5.74) is 3.03. The average molecular weight is 300 g/mol. The van der Waals surface area contributed by atoms with Gasteiger partial charge in [0.2, 0.25) is 0 Å². The number of ketones is 1. The lowest BCUT2D eigenvalue weighted by molar-refractivity contribution is -0.151. The molecule has 1 aromatic carbocycles. The van der Waals surface area contributed by atoms with E-state index in [0.717, 1.165) is 24.0 Å². The lowest BCUT2D eigenvalue weighted by Crippen LogP contribution is -2.30. The van der Waals surface area contributed by atoms with E-state index in [9.17, 15) is 9.59 Å². The van der Waals surface area contributed by atoms with Crippen molar-refractivity contribution in [1.82, 2.24) is 0 Å². The van der Waals surface area contributed by atoms with Gasteiger partial charge < -0.3 is 4.74 Å². The Hall–Kier alpha value is -1.90. The van der Waals surface area contributed by atoms with Gasteiger partial charge in [-0.05, 0) is 54.9 Å². The summed E-state index contributed by atoms with van der Waals surface area (Å²) < 4.78 is 5.01. The number of Topliss-reactive ketones (excluding diaryl/α,β-unsaturated/α-hetero) is 1. The van der Waals surface area contributed by atoms with E-state index in [0.29, 0.717) is 18.9 Å². The summed E-state index contributed by atoms with van der Waals surface area (Å²) in [6.45, 7) is 6.39. The second-order valence-corrected chi connectivity index (χ2v) is 6.05. The number of hydrogen-bond donors (Lipinski definition) is 0. The monoisotopic (exact) mass is 300 g/mol. The van der Waals surface area contributed by atoms with Crippen LogP contribution in [0, 0.1) is 5.92 Å². The van der Waals surface area contributed by atoms with E-state index in [-0.39, 0.29) is 11.8 Å². The molecule has 0 radical (unpaired) electrons. The Morgan fingerprint density at radius 3 is 2.59 bits per heavy atom. The van der Waals surface area contributed by atoms with Gasteiger partial charge in [-0.2, -0.15) is 0 Å². The summed E-state index contributed by atoms with van der Waals surface area (Å²) in [7, 11) is 0. The number of hydrogen-bond acceptors (Lipinski definition) is 3. The number of esters is 1. The Morgan fingerprint density at radius 2 is 2.00 bits per heavy atom. The van der Waals surface area contributed by atoms with Crippen LogP contribution in [-0.2, 0) is 14.3 Å². The molecule has 3 heteroatoms. The van der Waals surface area contributed by atoms with E-state index in [1.54, 1.807) is 6.92 Å². The van der Waals surface area contributed by atoms with Crippen molar-refractivity contribution in [2.45, 2.75) is 46.0 Å².